The van der Waals surface area contributed by atoms with Crippen molar-refractivity contribution in [3.05, 3.63) is 54.2 Å². The third kappa shape index (κ3) is 5.06. The quantitative estimate of drug-likeness (QED) is 0.939. The SMILES string of the molecule is CC.O=C(c1ccc(Oc2ccccc2)nc1)N1CCCNCC1. The summed E-state index contributed by atoms with van der Waals surface area (Å²) in [4.78, 5) is 18.5. The summed E-state index contributed by atoms with van der Waals surface area (Å²) in [5, 5.41) is 3.29. The molecule has 0 saturated carbocycles. The third-order valence-corrected chi connectivity index (χ3v) is 3.58. The van der Waals surface area contributed by atoms with Crippen LogP contribution in [-0.2, 0) is 0 Å². The number of hydrogen-bond acceptors (Lipinski definition) is 4. The van der Waals surface area contributed by atoms with E-state index < -0.39 is 0 Å². The molecule has 1 aromatic carbocycles. The van der Waals surface area contributed by atoms with Gasteiger partial charge in [0.1, 0.15) is 5.75 Å². The molecule has 1 fully saturated rings. The summed E-state index contributed by atoms with van der Waals surface area (Å²) in [6, 6.07) is 13.0. The van der Waals surface area contributed by atoms with Gasteiger partial charge in [0, 0.05) is 31.9 Å². The highest BCUT2D eigenvalue weighted by molar-refractivity contribution is 5.94. The van der Waals surface area contributed by atoms with Crippen molar-refractivity contribution in [1.29, 1.82) is 0 Å². The standard InChI is InChI=1S/C17H19N3O2.C2H6/c21-17(20-11-4-9-18-10-12-20)14-7-8-16(19-13-14)22-15-5-2-1-3-6-15;1-2/h1-3,5-8,13,18H,4,9-12H2;1-2H3. The van der Waals surface area contributed by atoms with Crippen LogP contribution in [0.25, 0.3) is 0 Å². The van der Waals surface area contributed by atoms with Crippen LogP contribution in [0.2, 0.25) is 0 Å². The maximum atomic E-state index is 12.4. The molecule has 1 aliphatic rings. The zero-order valence-corrected chi connectivity index (χ0v) is 14.4. The molecule has 2 heterocycles. The van der Waals surface area contributed by atoms with Crippen molar-refractivity contribution < 1.29 is 9.53 Å². The molecule has 5 nitrogen and oxygen atoms in total. The summed E-state index contributed by atoms with van der Waals surface area (Å²) in [5.74, 6) is 1.25. The lowest BCUT2D eigenvalue weighted by Gasteiger charge is -2.19. The predicted molar refractivity (Wildman–Crippen MR) is 95.5 cm³/mol. The van der Waals surface area contributed by atoms with Crippen molar-refractivity contribution in [2.75, 3.05) is 26.2 Å². The molecule has 0 atom stereocenters. The van der Waals surface area contributed by atoms with Crippen molar-refractivity contribution in [2.24, 2.45) is 0 Å². The first-order valence-electron chi connectivity index (χ1n) is 8.52. The number of rotatable bonds is 3. The second kappa shape index (κ2) is 9.67. The average Bonchev–Trinajstić information content (AvgIpc) is 2.94. The molecule has 128 valence electrons. The zero-order valence-electron chi connectivity index (χ0n) is 14.4. The first-order chi connectivity index (χ1) is 11.8. The first kappa shape index (κ1) is 17.9. The Kier molecular flexibility index (Phi) is 7.23. The van der Waals surface area contributed by atoms with Crippen LogP contribution in [0, 0.1) is 0 Å². The van der Waals surface area contributed by atoms with Crippen molar-refractivity contribution in [3.8, 4) is 11.6 Å². The van der Waals surface area contributed by atoms with E-state index in [1.165, 1.54) is 0 Å². The van der Waals surface area contributed by atoms with Gasteiger partial charge in [-0.05, 0) is 31.2 Å². The van der Waals surface area contributed by atoms with E-state index in [0.717, 1.165) is 38.3 Å². The normalized spacial score (nSPS) is 14.2. The van der Waals surface area contributed by atoms with Crippen molar-refractivity contribution in [2.45, 2.75) is 20.3 Å². The van der Waals surface area contributed by atoms with Crippen molar-refractivity contribution in [3.63, 3.8) is 0 Å². The molecule has 0 spiro atoms. The molecule has 1 saturated heterocycles. The minimum absolute atomic E-state index is 0.0301. The summed E-state index contributed by atoms with van der Waals surface area (Å²) in [6.07, 6.45) is 2.56. The highest BCUT2D eigenvalue weighted by Gasteiger charge is 2.17. The molecule has 24 heavy (non-hydrogen) atoms. The fraction of sp³-hybridized carbons (Fsp3) is 0.368. The van der Waals surface area contributed by atoms with Crippen LogP contribution in [-0.4, -0.2) is 42.0 Å². The van der Waals surface area contributed by atoms with Gasteiger partial charge in [-0.3, -0.25) is 4.79 Å². The largest absolute Gasteiger partial charge is 0.439 e. The van der Waals surface area contributed by atoms with Gasteiger partial charge < -0.3 is 15.0 Å². The van der Waals surface area contributed by atoms with Crippen LogP contribution in [0.1, 0.15) is 30.6 Å². The van der Waals surface area contributed by atoms with Crippen molar-refractivity contribution >= 4 is 5.91 Å². The summed E-state index contributed by atoms with van der Waals surface area (Å²) >= 11 is 0. The maximum Gasteiger partial charge on any atom is 0.255 e. The van der Waals surface area contributed by atoms with Gasteiger partial charge in [-0.1, -0.05) is 32.0 Å². The van der Waals surface area contributed by atoms with Crippen LogP contribution in [0.5, 0.6) is 11.6 Å². The number of amides is 1. The number of hydrogen-bond donors (Lipinski definition) is 1. The van der Waals surface area contributed by atoms with Gasteiger partial charge in [0.25, 0.3) is 5.91 Å². The highest BCUT2D eigenvalue weighted by Crippen LogP contribution is 2.19. The summed E-state index contributed by atoms with van der Waals surface area (Å²) < 4.78 is 5.63. The predicted octanol–water partition coefficient (Wildman–Crippen LogP) is 3.34. The topological polar surface area (TPSA) is 54.5 Å². The van der Waals surface area contributed by atoms with E-state index in [1.54, 1.807) is 18.3 Å². The molecule has 1 aliphatic heterocycles. The Labute approximate surface area is 143 Å². The zero-order chi connectivity index (χ0) is 17.2. The van der Waals surface area contributed by atoms with Crippen LogP contribution in [0.3, 0.4) is 0 Å². The lowest BCUT2D eigenvalue weighted by atomic mass is 10.2. The molecule has 1 aromatic heterocycles. The minimum Gasteiger partial charge on any atom is -0.439 e. The van der Waals surface area contributed by atoms with Gasteiger partial charge in [0.05, 0.1) is 5.56 Å². The average molecular weight is 327 g/mol. The number of nitrogens with one attached hydrogen (secondary N) is 1. The Morgan fingerprint density at radius 1 is 1.08 bits per heavy atom. The number of benzene rings is 1. The van der Waals surface area contributed by atoms with E-state index in [2.05, 4.69) is 10.3 Å². The van der Waals surface area contributed by atoms with Crippen molar-refractivity contribution in [1.82, 2.24) is 15.2 Å². The molecule has 1 amide bonds. The maximum absolute atomic E-state index is 12.4. The third-order valence-electron chi connectivity index (χ3n) is 3.58. The van der Waals surface area contributed by atoms with Crippen LogP contribution >= 0.6 is 0 Å². The fourth-order valence-electron chi connectivity index (χ4n) is 2.41. The number of carbonyl (C=O) groups is 1. The summed E-state index contributed by atoms with van der Waals surface area (Å²) in [5.41, 5.74) is 0.599. The molecule has 0 aliphatic carbocycles. The van der Waals surface area contributed by atoms with E-state index >= 15 is 0 Å². The summed E-state index contributed by atoms with van der Waals surface area (Å²) in [6.45, 7) is 7.33. The van der Waals surface area contributed by atoms with E-state index in [1.807, 2.05) is 49.1 Å². The first-order valence-corrected chi connectivity index (χ1v) is 8.52. The second-order valence-electron chi connectivity index (χ2n) is 5.20. The lowest BCUT2D eigenvalue weighted by Crippen LogP contribution is -2.34. The van der Waals surface area contributed by atoms with Gasteiger partial charge in [-0.2, -0.15) is 0 Å². The van der Waals surface area contributed by atoms with E-state index in [9.17, 15) is 4.79 Å². The molecular weight excluding hydrogens is 302 g/mol. The van der Waals surface area contributed by atoms with Crippen LogP contribution in [0.15, 0.2) is 48.7 Å². The van der Waals surface area contributed by atoms with Gasteiger partial charge in [-0.15, -0.1) is 0 Å². The highest BCUT2D eigenvalue weighted by atomic mass is 16.5. The minimum atomic E-state index is 0.0301. The van der Waals surface area contributed by atoms with E-state index in [4.69, 9.17) is 4.74 Å². The van der Waals surface area contributed by atoms with Gasteiger partial charge in [0.15, 0.2) is 0 Å². The lowest BCUT2D eigenvalue weighted by molar-refractivity contribution is 0.0766. The number of para-hydroxylation sites is 1. The smallest absolute Gasteiger partial charge is 0.255 e. The Morgan fingerprint density at radius 3 is 2.58 bits per heavy atom. The molecule has 5 heteroatoms. The van der Waals surface area contributed by atoms with Crippen LogP contribution < -0.4 is 10.1 Å². The monoisotopic (exact) mass is 327 g/mol. The van der Waals surface area contributed by atoms with E-state index in [-0.39, 0.29) is 5.91 Å². The molecule has 0 bridgehead atoms. The number of nitrogens with zero attached hydrogens (tertiary/aromatic N) is 2. The molecule has 2 aromatic rings. The second-order valence-corrected chi connectivity index (χ2v) is 5.20. The molecule has 0 radical (unpaired) electrons. The summed E-state index contributed by atoms with van der Waals surface area (Å²) in [7, 11) is 0. The van der Waals surface area contributed by atoms with Gasteiger partial charge in [0.2, 0.25) is 5.88 Å². The number of ether oxygens (including phenoxy) is 1. The van der Waals surface area contributed by atoms with Gasteiger partial charge in [-0.25, -0.2) is 4.98 Å². The Morgan fingerprint density at radius 2 is 1.88 bits per heavy atom. The Hall–Kier alpha value is -2.40. The van der Waals surface area contributed by atoms with Crippen LogP contribution in [0.4, 0.5) is 0 Å². The van der Waals surface area contributed by atoms with E-state index in [0.29, 0.717) is 11.4 Å². The number of carbonyl (C=O) groups excluding carboxylic acids is 1. The fourth-order valence-corrected chi connectivity index (χ4v) is 2.41. The Bertz CT molecular complexity index is 606. The Balaban J connectivity index is 0.00000100. The molecule has 0 unspecified atom stereocenters. The number of pyridine rings is 1. The molecule has 3 rings (SSSR count). The van der Waals surface area contributed by atoms with Gasteiger partial charge >= 0.3 is 0 Å². The molecule has 1 N–H and O–H groups in total. The molecular formula is C19H25N3O2. The number of aromatic nitrogens is 1.